The van der Waals surface area contributed by atoms with Crippen LogP contribution in [0.1, 0.15) is 33.6 Å². The summed E-state index contributed by atoms with van der Waals surface area (Å²) in [5.74, 6) is 0.691. The first kappa shape index (κ1) is 12.9. The predicted molar refractivity (Wildman–Crippen MR) is 62.1 cm³/mol. The molecule has 1 aliphatic heterocycles. The number of ether oxygens (including phenoxy) is 2. The standard InChI is InChI=1S/C12H25NO2/c1-4-15-12(2,3)10-13-8-11-6-5-7-14-9-11/h11,13H,4-10H2,1-3H3. The molecule has 0 aromatic heterocycles. The molecule has 0 aliphatic carbocycles. The zero-order chi connectivity index (χ0) is 11.1. The van der Waals surface area contributed by atoms with Crippen LogP contribution >= 0.6 is 0 Å². The van der Waals surface area contributed by atoms with Crippen LogP contribution in [0.5, 0.6) is 0 Å². The van der Waals surface area contributed by atoms with Crippen LogP contribution in [-0.4, -0.2) is 38.5 Å². The van der Waals surface area contributed by atoms with Gasteiger partial charge < -0.3 is 14.8 Å². The van der Waals surface area contributed by atoms with E-state index in [0.717, 1.165) is 32.9 Å². The lowest BCUT2D eigenvalue weighted by Crippen LogP contribution is -2.40. The van der Waals surface area contributed by atoms with E-state index in [1.165, 1.54) is 12.8 Å². The Kier molecular flexibility index (Phi) is 5.58. The third-order valence-electron chi connectivity index (χ3n) is 2.77. The van der Waals surface area contributed by atoms with Crippen LogP contribution in [0.25, 0.3) is 0 Å². The molecular weight excluding hydrogens is 190 g/mol. The van der Waals surface area contributed by atoms with Gasteiger partial charge in [0.15, 0.2) is 0 Å². The molecule has 0 bridgehead atoms. The molecule has 1 N–H and O–H groups in total. The summed E-state index contributed by atoms with van der Waals surface area (Å²) in [6, 6.07) is 0. The molecule has 15 heavy (non-hydrogen) atoms. The first-order valence-electron chi connectivity index (χ1n) is 6.06. The van der Waals surface area contributed by atoms with Crippen molar-refractivity contribution in [2.45, 2.75) is 39.2 Å². The molecule has 0 saturated carbocycles. The Morgan fingerprint density at radius 3 is 2.87 bits per heavy atom. The van der Waals surface area contributed by atoms with Crippen LogP contribution in [0.15, 0.2) is 0 Å². The van der Waals surface area contributed by atoms with Gasteiger partial charge in [0, 0.05) is 26.3 Å². The first-order chi connectivity index (χ1) is 7.14. The fraction of sp³-hybridized carbons (Fsp3) is 1.00. The molecule has 1 aliphatic rings. The Labute approximate surface area is 93.5 Å². The number of nitrogens with one attached hydrogen (secondary N) is 1. The Morgan fingerprint density at radius 1 is 1.47 bits per heavy atom. The van der Waals surface area contributed by atoms with Crippen LogP contribution in [0.2, 0.25) is 0 Å². The molecule has 1 fully saturated rings. The molecule has 0 aromatic rings. The van der Waals surface area contributed by atoms with E-state index >= 15 is 0 Å². The van der Waals surface area contributed by atoms with E-state index in [1.807, 2.05) is 6.92 Å². The third-order valence-corrected chi connectivity index (χ3v) is 2.77. The highest BCUT2D eigenvalue weighted by molar-refractivity contribution is 4.74. The highest BCUT2D eigenvalue weighted by atomic mass is 16.5. The highest BCUT2D eigenvalue weighted by Gasteiger charge is 2.19. The zero-order valence-corrected chi connectivity index (χ0v) is 10.3. The van der Waals surface area contributed by atoms with Gasteiger partial charge in [0.1, 0.15) is 0 Å². The topological polar surface area (TPSA) is 30.5 Å². The summed E-state index contributed by atoms with van der Waals surface area (Å²) >= 11 is 0. The van der Waals surface area contributed by atoms with Crippen LogP contribution in [0.3, 0.4) is 0 Å². The number of hydrogen-bond donors (Lipinski definition) is 1. The van der Waals surface area contributed by atoms with Crippen molar-refractivity contribution in [2.75, 3.05) is 32.9 Å². The summed E-state index contributed by atoms with van der Waals surface area (Å²) in [7, 11) is 0. The van der Waals surface area contributed by atoms with Crippen LogP contribution in [0, 0.1) is 5.92 Å². The van der Waals surface area contributed by atoms with Gasteiger partial charge in [-0.05, 0) is 39.5 Å². The largest absolute Gasteiger partial charge is 0.381 e. The molecule has 3 heteroatoms. The average molecular weight is 215 g/mol. The molecule has 1 unspecified atom stereocenters. The van der Waals surface area contributed by atoms with Gasteiger partial charge in [-0.15, -0.1) is 0 Å². The summed E-state index contributed by atoms with van der Waals surface area (Å²) in [5.41, 5.74) is -0.0513. The number of rotatable bonds is 6. The van der Waals surface area contributed by atoms with Gasteiger partial charge in [0.05, 0.1) is 12.2 Å². The predicted octanol–water partition coefficient (Wildman–Crippen LogP) is 1.82. The van der Waals surface area contributed by atoms with Gasteiger partial charge in [0.2, 0.25) is 0 Å². The highest BCUT2D eigenvalue weighted by Crippen LogP contribution is 2.13. The molecule has 0 radical (unpaired) electrons. The van der Waals surface area contributed by atoms with E-state index in [-0.39, 0.29) is 5.60 Å². The fourth-order valence-electron chi connectivity index (χ4n) is 1.99. The second kappa shape index (κ2) is 6.46. The Morgan fingerprint density at radius 2 is 2.27 bits per heavy atom. The van der Waals surface area contributed by atoms with Gasteiger partial charge >= 0.3 is 0 Å². The van der Waals surface area contributed by atoms with Crippen molar-refractivity contribution >= 4 is 0 Å². The molecule has 1 heterocycles. The maximum Gasteiger partial charge on any atom is 0.0750 e. The lowest BCUT2D eigenvalue weighted by molar-refractivity contribution is -0.0113. The van der Waals surface area contributed by atoms with Gasteiger partial charge in [-0.25, -0.2) is 0 Å². The summed E-state index contributed by atoms with van der Waals surface area (Å²) in [6.45, 7) is 10.9. The third kappa shape index (κ3) is 5.50. The summed E-state index contributed by atoms with van der Waals surface area (Å²) in [4.78, 5) is 0. The summed E-state index contributed by atoms with van der Waals surface area (Å²) < 4.78 is 11.1. The van der Waals surface area contributed by atoms with Gasteiger partial charge in [-0.1, -0.05) is 0 Å². The lowest BCUT2D eigenvalue weighted by Gasteiger charge is -2.27. The first-order valence-corrected chi connectivity index (χ1v) is 6.06. The minimum Gasteiger partial charge on any atom is -0.381 e. The monoisotopic (exact) mass is 215 g/mol. The van der Waals surface area contributed by atoms with Crippen molar-refractivity contribution in [2.24, 2.45) is 5.92 Å². The van der Waals surface area contributed by atoms with E-state index in [4.69, 9.17) is 9.47 Å². The molecule has 1 saturated heterocycles. The van der Waals surface area contributed by atoms with Crippen molar-refractivity contribution in [3.05, 3.63) is 0 Å². The van der Waals surface area contributed by atoms with Gasteiger partial charge in [-0.2, -0.15) is 0 Å². The Bertz CT molecular complexity index is 165. The second-order valence-corrected chi connectivity index (χ2v) is 4.91. The maximum atomic E-state index is 5.62. The fourth-order valence-corrected chi connectivity index (χ4v) is 1.99. The van der Waals surface area contributed by atoms with Crippen molar-refractivity contribution < 1.29 is 9.47 Å². The second-order valence-electron chi connectivity index (χ2n) is 4.91. The zero-order valence-electron chi connectivity index (χ0n) is 10.3. The molecule has 1 atom stereocenters. The smallest absolute Gasteiger partial charge is 0.0750 e. The van der Waals surface area contributed by atoms with E-state index in [1.54, 1.807) is 0 Å². The van der Waals surface area contributed by atoms with Crippen LogP contribution in [0.4, 0.5) is 0 Å². The molecule has 0 aromatic carbocycles. The molecule has 0 spiro atoms. The van der Waals surface area contributed by atoms with Crippen LogP contribution in [-0.2, 0) is 9.47 Å². The Hall–Kier alpha value is -0.120. The van der Waals surface area contributed by atoms with Crippen LogP contribution < -0.4 is 5.32 Å². The molecular formula is C12H25NO2. The lowest BCUT2D eigenvalue weighted by atomic mass is 10.0. The summed E-state index contributed by atoms with van der Waals surface area (Å²) in [5, 5.41) is 3.48. The molecule has 90 valence electrons. The molecule has 3 nitrogen and oxygen atoms in total. The van der Waals surface area contributed by atoms with Crippen molar-refractivity contribution in [1.82, 2.24) is 5.32 Å². The SMILES string of the molecule is CCOC(C)(C)CNCC1CCCOC1. The van der Waals surface area contributed by atoms with Gasteiger partial charge in [-0.3, -0.25) is 0 Å². The van der Waals surface area contributed by atoms with E-state index in [9.17, 15) is 0 Å². The molecule has 1 rings (SSSR count). The van der Waals surface area contributed by atoms with Gasteiger partial charge in [0.25, 0.3) is 0 Å². The average Bonchev–Trinajstić information content (AvgIpc) is 2.19. The van der Waals surface area contributed by atoms with E-state index in [0.29, 0.717) is 5.92 Å². The van der Waals surface area contributed by atoms with Crippen molar-refractivity contribution in [3.8, 4) is 0 Å². The minimum atomic E-state index is -0.0513. The normalized spacial score (nSPS) is 23.0. The minimum absolute atomic E-state index is 0.0513. The molecule has 0 amide bonds. The van der Waals surface area contributed by atoms with Crippen molar-refractivity contribution in [1.29, 1.82) is 0 Å². The van der Waals surface area contributed by atoms with E-state index < -0.39 is 0 Å². The van der Waals surface area contributed by atoms with E-state index in [2.05, 4.69) is 19.2 Å². The Balaban J connectivity index is 2.09. The quantitative estimate of drug-likeness (QED) is 0.733. The van der Waals surface area contributed by atoms with Crippen molar-refractivity contribution in [3.63, 3.8) is 0 Å². The number of hydrogen-bond acceptors (Lipinski definition) is 3. The summed E-state index contributed by atoms with van der Waals surface area (Å²) in [6.07, 6.45) is 2.50. The maximum absolute atomic E-state index is 5.62.